The topological polar surface area (TPSA) is 63.2 Å². The summed E-state index contributed by atoms with van der Waals surface area (Å²) in [4.78, 5) is 16.6. The first-order valence-corrected chi connectivity index (χ1v) is 9.52. The maximum absolute atomic E-state index is 13.7. The Labute approximate surface area is 169 Å². The first-order chi connectivity index (χ1) is 14.0. The second-order valence-corrected chi connectivity index (χ2v) is 6.85. The minimum Gasteiger partial charge on any atom is -0.489 e. The van der Waals surface area contributed by atoms with Crippen molar-refractivity contribution in [2.45, 2.75) is 26.4 Å². The Hall–Kier alpha value is -3.41. The number of carbonyl (C=O) groups is 1. The fourth-order valence-electron chi connectivity index (χ4n) is 2.83. The molecule has 1 amide bonds. The number of pyridine rings is 1. The number of hydrogen-bond acceptors (Lipinski definition) is 4. The Morgan fingerprint density at radius 2 is 1.86 bits per heavy atom. The molecule has 3 rings (SSSR count). The Bertz CT molecular complexity index is 976. The average Bonchev–Trinajstić information content (AvgIpc) is 2.71. The second kappa shape index (κ2) is 9.68. The van der Waals surface area contributed by atoms with E-state index in [9.17, 15) is 9.18 Å². The number of ether oxygens (including phenoxy) is 1. The van der Waals surface area contributed by atoms with Crippen LogP contribution in [0, 0.1) is 5.82 Å². The summed E-state index contributed by atoms with van der Waals surface area (Å²) in [6, 6.07) is 15.9. The van der Waals surface area contributed by atoms with Crippen LogP contribution in [0.25, 0.3) is 0 Å². The zero-order valence-electron chi connectivity index (χ0n) is 16.5. The van der Waals surface area contributed by atoms with E-state index < -0.39 is 0 Å². The lowest BCUT2D eigenvalue weighted by atomic mass is 10.1. The fraction of sp³-hybridized carbons (Fsp3) is 0.217. The van der Waals surface area contributed by atoms with Crippen LogP contribution in [-0.4, -0.2) is 23.5 Å². The number of nitrogens with zero attached hydrogens (tertiary/aromatic N) is 1. The van der Waals surface area contributed by atoms with Crippen LogP contribution in [0.1, 0.15) is 29.8 Å². The largest absolute Gasteiger partial charge is 0.489 e. The van der Waals surface area contributed by atoms with Crippen LogP contribution in [0.15, 0.2) is 67.0 Å². The lowest BCUT2D eigenvalue weighted by molar-refractivity contribution is 0.0953. The summed E-state index contributed by atoms with van der Waals surface area (Å²) in [5.74, 6) is 0.198. The Morgan fingerprint density at radius 1 is 1.10 bits per heavy atom. The minimum atomic E-state index is -0.267. The van der Waals surface area contributed by atoms with Crippen molar-refractivity contribution in [2.24, 2.45) is 0 Å². The monoisotopic (exact) mass is 393 g/mol. The lowest BCUT2D eigenvalue weighted by Crippen LogP contribution is -2.26. The van der Waals surface area contributed by atoms with E-state index in [1.165, 1.54) is 12.3 Å². The van der Waals surface area contributed by atoms with E-state index in [1.54, 1.807) is 30.5 Å². The molecule has 0 aliphatic carbocycles. The first-order valence-electron chi connectivity index (χ1n) is 9.52. The van der Waals surface area contributed by atoms with Crippen LogP contribution >= 0.6 is 0 Å². The van der Waals surface area contributed by atoms with Crippen molar-refractivity contribution in [1.29, 1.82) is 0 Å². The van der Waals surface area contributed by atoms with Crippen LogP contribution in [0.4, 0.5) is 15.8 Å². The van der Waals surface area contributed by atoms with Crippen LogP contribution < -0.4 is 15.4 Å². The van der Waals surface area contributed by atoms with Gasteiger partial charge in [0.15, 0.2) is 0 Å². The van der Waals surface area contributed by atoms with Gasteiger partial charge in [0.05, 0.1) is 29.2 Å². The second-order valence-electron chi connectivity index (χ2n) is 6.85. The highest BCUT2D eigenvalue weighted by atomic mass is 19.1. The summed E-state index contributed by atoms with van der Waals surface area (Å²) in [5, 5.41) is 6.05. The van der Waals surface area contributed by atoms with E-state index in [-0.39, 0.29) is 17.8 Å². The molecule has 6 heteroatoms. The Morgan fingerprint density at radius 3 is 2.66 bits per heavy atom. The van der Waals surface area contributed by atoms with Gasteiger partial charge in [-0.1, -0.05) is 30.3 Å². The number of carbonyl (C=O) groups excluding carboxylic acids is 1. The maximum Gasteiger partial charge on any atom is 0.252 e. The van der Waals surface area contributed by atoms with Crippen molar-refractivity contribution in [3.63, 3.8) is 0 Å². The van der Waals surface area contributed by atoms with Gasteiger partial charge in [-0.25, -0.2) is 4.39 Å². The molecule has 3 aromatic rings. The van der Waals surface area contributed by atoms with Crippen molar-refractivity contribution >= 4 is 17.3 Å². The summed E-state index contributed by atoms with van der Waals surface area (Å²) in [6.45, 7) is 4.26. The van der Waals surface area contributed by atoms with Gasteiger partial charge in [0.25, 0.3) is 5.91 Å². The molecule has 5 nitrogen and oxygen atoms in total. The molecule has 0 fully saturated rings. The molecular formula is C23H24FN3O2. The predicted molar refractivity (Wildman–Crippen MR) is 112 cm³/mol. The normalized spacial score (nSPS) is 10.6. The van der Waals surface area contributed by atoms with Gasteiger partial charge in [0, 0.05) is 12.7 Å². The standard InChI is InChI=1S/C23H24FN3O2/c1-16(2)29-22-10-6-5-9-21(22)27-19-13-18(14-25-15-19)23(28)26-12-11-17-7-3-4-8-20(17)24/h3-10,13-16,27H,11-12H2,1-2H3,(H,26,28). The predicted octanol–water partition coefficient (Wildman–Crippen LogP) is 4.72. The van der Waals surface area contributed by atoms with Gasteiger partial charge in [-0.2, -0.15) is 0 Å². The molecule has 2 aromatic carbocycles. The molecule has 0 radical (unpaired) electrons. The number of nitrogens with one attached hydrogen (secondary N) is 2. The summed E-state index contributed by atoms with van der Waals surface area (Å²) < 4.78 is 19.5. The molecule has 0 atom stereocenters. The van der Waals surface area contributed by atoms with Crippen LogP contribution in [-0.2, 0) is 6.42 Å². The van der Waals surface area contributed by atoms with Gasteiger partial charge in [-0.05, 0) is 50.1 Å². The molecule has 1 aromatic heterocycles. The highest BCUT2D eigenvalue weighted by Gasteiger charge is 2.10. The van der Waals surface area contributed by atoms with Crippen LogP contribution in [0.5, 0.6) is 5.75 Å². The number of hydrogen-bond donors (Lipinski definition) is 2. The third kappa shape index (κ3) is 5.78. The summed E-state index contributed by atoms with van der Waals surface area (Å²) >= 11 is 0. The van der Waals surface area contributed by atoms with Crippen molar-refractivity contribution in [3.8, 4) is 5.75 Å². The zero-order chi connectivity index (χ0) is 20.6. The lowest BCUT2D eigenvalue weighted by Gasteiger charge is -2.15. The number of amides is 1. The summed E-state index contributed by atoms with van der Waals surface area (Å²) in [5.41, 5.74) is 2.46. The first kappa shape index (κ1) is 20.3. The van der Waals surface area contributed by atoms with Gasteiger partial charge in [-0.15, -0.1) is 0 Å². The number of anilines is 2. The molecule has 150 valence electrons. The summed E-state index contributed by atoms with van der Waals surface area (Å²) in [7, 11) is 0. The van der Waals surface area contributed by atoms with Crippen molar-refractivity contribution in [1.82, 2.24) is 10.3 Å². The van der Waals surface area contributed by atoms with Gasteiger partial charge in [0.2, 0.25) is 0 Å². The van der Waals surface area contributed by atoms with E-state index in [0.717, 1.165) is 11.4 Å². The Balaban J connectivity index is 1.63. The van der Waals surface area contributed by atoms with Gasteiger partial charge in [0.1, 0.15) is 11.6 Å². The molecule has 29 heavy (non-hydrogen) atoms. The molecule has 0 bridgehead atoms. The van der Waals surface area contributed by atoms with E-state index in [2.05, 4.69) is 15.6 Å². The molecule has 0 aliphatic rings. The van der Waals surface area contributed by atoms with Crippen LogP contribution in [0.3, 0.4) is 0 Å². The third-order valence-electron chi connectivity index (χ3n) is 4.17. The highest BCUT2D eigenvalue weighted by molar-refractivity contribution is 5.94. The molecule has 0 saturated heterocycles. The average molecular weight is 393 g/mol. The third-order valence-corrected chi connectivity index (χ3v) is 4.17. The van der Waals surface area contributed by atoms with E-state index in [0.29, 0.717) is 29.8 Å². The van der Waals surface area contributed by atoms with Crippen LogP contribution in [0.2, 0.25) is 0 Å². The number of aromatic nitrogens is 1. The minimum absolute atomic E-state index is 0.0441. The van der Waals surface area contributed by atoms with E-state index >= 15 is 0 Å². The highest BCUT2D eigenvalue weighted by Crippen LogP contribution is 2.28. The van der Waals surface area contributed by atoms with E-state index in [4.69, 9.17) is 4.74 Å². The SMILES string of the molecule is CC(C)Oc1ccccc1Nc1cncc(C(=O)NCCc2ccccc2F)c1. The number of rotatable bonds is 8. The molecule has 0 unspecified atom stereocenters. The fourth-order valence-corrected chi connectivity index (χ4v) is 2.83. The number of benzene rings is 2. The van der Waals surface area contributed by atoms with E-state index in [1.807, 2.05) is 38.1 Å². The van der Waals surface area contributed by atoms with Crippen molar-refractivity contribution < 1.29 is 13.9 Å². The maximum atomic E-state index is 13.7. The molecule has 0 saturated carbocycles. The van der Waals surface area contributed by atoms with Crippen molar-refractivity contribution in [2.75, 3.05) is 11.9 Å². The Kier molecular flexibility index (Phi) is 6.79. The van der Waals surface area contributed by atoms with Gasteiger partial charge in [-0.3, -0.25) is 9.78 Å². The number of para-hydroxylation sites is 2. The quantitative estimate of drug-likeness (QED) is 0.581. The van der Waals surface area contributed by atoms with Gasteiger partial charge >= 0.3 is 0 Å². The summed E-state index contributed by atoms with van der Waals surface area (Å²) in [6.07, 6.45) is 3.61. The smallest absolute Gasteiger partial charge is 0.252 e. The van der Waals surface area contributed by atoms with Crippen molar-refractivity contribution in [3.05, 3.63) is 83.9 Å². The zero-order valence-corrected chi connectivity index (χ0v) is 16.5. The number of halogens is 1. The molecule has 2 N–H and O–H groups in total. The molecular weight excluding hydrogens is 369 g/mol. The van der Waals surface area contributed by atoms with Gasteiger partial charge < -0.3 is 15.4 Å². The molecule has 1 heterocycles. The molecule has 0 aliphatic heterocycles. The molecule has 0 spiro atoms.